The second-order valence-corrected chi connectivity index (χ2v) is 5.14. The molecule has 2 heterocycles. The first-order valence-corrected chi connectivity index (χ1v) is 6.64. The average Bonchev–Trinajstić information content (AvgIpc) is 2.46. The third-order valence-corrected chi connectivity index (χ3v) is 3.80. The van der Waals surface area contributed by atoms with Gasteiger partial charge < -0.3 is 15.1 Å². The normalized spacial score (nSPS) is 22.6. The van der Waals surface area contributed by atoms with Crippen molar-refractivity contribution in [1.29, 1.82) is 0 Å². The number of likely N-dealkylation sites (tertiary alicyclic amines) is 1. The zero-order valence-corrected chi connectivity index (χ0v) is 11.3. The Labute approximate surface area is 117 Å². The number of aliphatic hydroxyl groups is 1. The van der Waals surface area contributed by atoms with Crippen molar-refractivity contribution in [3.8, 4) is 0 Å². The predicted octanol–water partition coefficient (Wildman–Crippen LogP) is 1.01. The highest BCUT2D eigenvalue weighted by atomic mass is 16.4. The Morgan fingerprint density at radius 3 is 2.75 bits per heavy atom. The minimum atomic E-state index is -1.11. The standard InChI is InChI=1S/C14H18N2O4/c1-9-3-2-4-16(12(9)8-17)13(18)10-5-11(14(19)20)7-15-6-10/h5-7,9,12,17H,2-4,8H2,1H3,(H,19,20)/t9-,12-/m1/s1. The highest BCUT2D eigenvalue weighted by Crippen LogP contribution is 2.24. The van der Waals surface area contributed by atoms with Crippen molar-refractivity contribution < 1.29 is 19.8 Å². The number of hydrogen-bond donors (Lipinski definition) is 2. The van der Waals surface area contributed by atoms with Crippen molar-refractivity contribution in [1.82, 2.24) is 9.88 Å². The van der Waals surface area contributed by atoms with E-state index in [1.165, 1.54) is 18.5 Å². The molecule has 0 spiro atoms. The number of carbonyl (C=O) groups excluding carboxylic acids is 1. The van der Waals surface area contributed by atoms with Crippen LogP contribution in [0.5, 0.6) is 0 Å². The van der Waals surface area contributed by atoms with Crippen molar-refractivity contribution in [3.05, 3.63) is 29.6 Å². The lowest BCUT2D eigenvalue weighted by Crippen LogP contribution is -2.49. The SMILES string of the molecule is C[C@@H]1CCCN(C(=O)c2cncc(C(=O)O)c2)[C@@H]1CO. The monoisotopic (exact) mass is 278 g/mol. The fourth-order valence-electron chi connectivity index (χ4n) is 2.62. The summed E-state index contributed by atoms with van der Waals surface area (Å²) in [7, 11) is 0. The van der Waals surface area contributed by atoms with Crippen LogP contribution in [0.25, 0.3) is 0 Å². The van der Waals surface area contributed by atoms with Crippen LogP contribution in [-0.2, 0) is 0 Å². The van der Waals surface area contributed by atoms with Crippen LogP contribution in [-0.4, -0.2) is 51.2 Å². The van der Waals surface area contributed by atoms with Gasteiger partial charge in [0.25, 0.3) is 5.91 Å². The van der Waals surface area contributed by atoms with Gasteiger partial charge in [0.2, 0.25) is 0 Å². The molecule has 2 atom stereocenters. The van der Waals surface area contributed by atoms with E-state index in [4.69, 9.17) is 5.11 Å². The molecule has 1 aromatic rings. The lowest BCUT2D eigenvalue weighted by atomic mass is 9.91. The maximum atomic E-state index is 12.5. The number of aliphatic hydroxyl groups excluding tert-OH is 1. The van der Waals surface area contributed by atoms with Crippen molar-refractivity contribution >= 4 is 11.9 Å². The quantitative estimate of drug-likeness (QED) is 0.861. The summed E-state index contributed by atoms with van der Waals surface area (Å²) in [6, 6.07) is 1.11. The summed E-state index contributed by atoms with van der Waals surface area (Å²) < 4.78 is 0. The van der Waals surface area contributed by atoms with Gasteiger partial charge in [0.05, 0.1) is 23.8 Å². The molecule has 1 aliphatic heterocycles. The Kier molecular flexibility index (Phi) is 4.34. The molecule has 0 saturated carbocycles. The van der Waals surface area contributed by atoms with E-state index in [0.717, 1.165) is 12.8 Å². The van der Waals surface area contributed by atoms with E-state index in [1.54, 1.807) is 4.90 Å². The number of aromatic carboxylic acids is 1. The zero-order valence-electron chi connectivity index (χ0n) is 11.3. The second-order valence-electron chi connectivity index (χ2n) is 5.14. The van der Waals surface area contributed by atoms with E-state index in [-0.39, 0.29) is 35.6 Å². The molecule has 0 unspecified atom stereocenters. The summed E-state index contributed by atoms with van der Waals surface area (Å²) in [4.78, 5) is 28.8. The van der Waals surface area contributed by atoms with Gasteiger partial charge in [0.1, 0.15) is 0 Å². The van der Waals surface area contributed by atoms with Crippen LogP contribution in [0.2, 0.25) is 0 Å². The Balaban J connectivity index is 2.25. The molecule has 1 aromatic heterocycles. The summed E-state index contributed by atoms with van der Waals surface area (Å²) in [5.41, 5.74) is 0.235. The number of pyridine rings is 1. The summed E-state index contributed by atoms with van der Waals surface area (Å²) in [6.07, 6.45) is 4.43. The van der Waals surface area contributed by atoms with Gasteiger partial charge in [-0.3, -0.25) is 9.78 Å². The molecule has 2 rings (SSSR count). The van der Waals surface area contributed by atoms with Gasteiger partial charge in [-0.15, -0.1) is 0 Å². The highest BCUT2D eigenvalue weighted by molar-refractivity contribution is 5.97. The minimum Gasteiger partial charge on any atom is -0.478 e. The first-order chi connectivity index (χ1) is 9.54. The number of hydrogen-bond acceptors (Lipinski definition) is 4. The van der Waals surface area contributed by atoms with Gasteiger partial charge in [0, 0.05) is 18.9 Å². The molecule has 20 heavy (non-hydrogen) atoms. The lowest BCUT2D eigenvalue weighted by Gasteiger charge is -2.39. The Hall–Kier alpha value is -1.95. The van der Waals surface area contributed by atoms with E-state index in [0.29, 0.717) is 6.54 Å². The number of aromatic nitrogens is 1. The van der Waals surface area contributed by atoms with E-state index < -0.39 is 5.97 Å². The van der Waals surface area contributed by atoms with E-state index in [9.17, 15) is 14.7 Å². The Morgan fingerprint density at radius 1 is 1.40 bits per heavy atom. The molecule has 108 valence electrons. The van der Waals surface area contributed by atoms with Gasteiger partial charge in [-0.2, -0.15) is 0 Å². The van der Waals surface area contributed by atoms with Crippen LogP contribution >= 0.6 is 0 Å². The molecular formula is C14H18N2O4. The van der Waals surface area contributed by atoms with Gasteiger partial charge in [0.15, 0.2) is 0 Å². The molecule has 2 N–H and O–H groups in total. The summed E-state index contributed by atoms with van der Waals surface area (Å²) in [6.45, 7) is 2.50. The number of amides is 1. The minimum absolute atomic E-state index is 0.0125. The van der Waals surface area contributed by atoms with Crippen LogP contribution in [0.3, 0.4) is 0 Å². The molecule has 6 heteroatoms. The molecule has 0 aromatic carbocycles. The van der Waals surface area contributed by atoms with E-state index in [1.807, 2.05) is 6.92 Å². The third-order valence-electron chi connectivity index (χ3n) is 3.80. The molecular weight excluding hydrogens is 260 g/mol. The topological polar surface area (TPSA) is 90.7 Å². The van der Waals surface area contributed by atoms with Crippen molar-refractivity contribution in [2.75, 3.05) is 13.2 Å². The Bertz CT molecular complexity index is 518. The van der Waals surface area contributed by atoms with Crippen molar-refractivity contribution in [2.24, 2.45) is 5.92 Å². The van der Waals surface area contributed by atoms with Gasteiger partial charge in [-0.05, 0) is 24.8 Å². The van der Waals surface area contributed by atoms with Crippen LogP contribution in [0.1, 0.15) is 40.5 Å². The number of carboxylic acid groups (broad SMARTS) is 1. The van der Waals surface area contributed by atoms with Gasteiger partial charge in [-0.1, -0.05) is 6.92 Å². The van der Waals surface area contributed by atoms with Crippen LogP contribution < -0.4 is 0 Å². The molecule has 0 radical (unpaired) electrons. The maximum Gasteiger partial charge on any atom is 0.337 e. The zero-order chi connectivity index (χ0) is 14.7. The van der Waals surface area contributed by atoms with E-state index in [2.05, 4.69) is 4.98 Å². The van der Waals surface area contributed by atoms with Gasteiger partial charge in [-0.25, -0.2) is 4.79 Å². The second kappa shape index (κ2) is 6.00. The predicted molar refractivity (Wildman–Crippen MR) is 71.5 cm³/mol. The largest absolute Gasteiger partial charge is 0.478 e. The van der Waals surface area contributed by atoms with Crippen molar-refractivity contribution in [2.45, 2.75) is 25.8 Å². The number of piperidine rings is 1. The smallest absolute Gasteiger partial charge is 0.337 e. The average molecular weight is 278 g/mol. The lowest BCUT2D eigenvalue weighted by molar-refractivity contribution is 0.0358. The molecule has 0 aliphatic carbocycles. The molecule has 1 saturated heterocycles. The summed E-state index contributed by atoms with van der Waals surface area (Å²) in [5.74, 6) is -1.16. The van der Waals surface area contributed by atoms with Gasteiger partial charge >= 0.3 is 5.97 Å². The highest BCUT2D eigenvalue weighted by Gasteiger charge is 2.32. The fraction of sp³-hybridized carbons (Fsp3) is 0.500. The summed E-state index contributed by atoms with van der Waals surface area (Å²) >= 11 is 0. The first-order valence-electron chi connectivity index (χ1n) is 6.64. The number of carboxylic acids is 1. The first kappa shape index (κ1) is 14.5. The van der Waals surface area contributed by atoms with E-state index >= 15 is 0 Å². The Morgan fingerprint density at radius 2 is 2.10 bits per heavy atom. The molecule has 1 aliphatic rings. The molecule has 6 nitrogen and oxygen atoms in total. The number of carbonyl (C=O) groups is 2. The van der Waals surface area contributed by atoms with Crippen LogP contribution in [0, 0.1) is 5.92 Å². The summed E-state index contributed by atoms with van der Waals surface area (Å²) in [5, 5.41) is 18.4. The molecule has 0 bridgehead atoms. The van der Waals surface area contributed by atoms with Crippen LogP contribution in [0.4, 0.5) is 0 Å². The fourth-order valence-corrected chi connectivity index (χ4v) is 2.62. The number of rotatable bonds is 3. The van der Waals surface area contributed by atoms with Crippen LogP contribution in [0.15, 0.2) is 18.5 Å². The molecule has 1 fully saturated rings. The molecule has 1 amide bonds. The van der Waals surface area contributed by atoms with Crippen molar-refractivity contribution in [3.63, 3.8) is 0 Å². The maximum absolute atomic E-state index is 12.5. The number of nitrogens with zero attached hydrogens (tertiary/aromatic N) is 2. The third kappa shape index (κ3) is 2.80.